The molecule has 1 aromatic rings. The second kappa shape index (κ2) is 6.54. The van der Waals surface area contributed by atoms with Crippen LogP contribution in [-0.4, -0.2) is 42.6 Å². The zero-order chi connectivity index (χ0) is 15.8. The summed E-state index contributed by atoms with van der Waals surface area (Å²) < 4.78 is 5.98. The zero-order valence-electron chi connectivity index (χ0n) is 13.8. The van der Waals surface area contributed by atoms with E-state index in [1.165, 1.54) is 9.75 Å². The molecule has 0 radical (unpaired) electrons. The van der Waals surface area contributed by atoms with Gasteiger partial charge in [0.15, 0.2) is 0 Å². The van der Waals surface area contributed by atoms with Gasteiger partial charge in [-0.3, -0.25) is 9.69 Å². The van der Waals surface area contributed by atoms with E-state index >= 15 is 0 Å². The fourth-order valence-electron chi connectivity index (χ4n) is 3.98. The summed E-state index contributed by atoms with van der Waals surface area (Å²) in [6.07, 6.45) is 4.54. The average molecular weight is 334 g/mol. The van der Waals surface area contributed by atoms with Gasteiger partial charge in [-0.15, -0.1) is 11.3 Å². The molecule has 2 saturated heterocycles. The Hall–Kier alpha value is -0.910. The van der Waals surface area contributed by atoms with Crippen molar-refractivity contribution in [1.29, 1.82) is 0 Å². The molecule has 0 spiro atoms. The molecule has 23 heavy (non-hydrogen) atoms. The van der Waals surface area contributed by atoms with Crippen LogP contribution in [0.3, 0.4) is 0 Å². The van der Waals surface area contributed by atoms with E-state index in [0.29, 0.717) is 12.0 Å². The number of nitrogens with one attached hydrogen (secondary N) is 1. The van der Waals surface area contributed by atoms with Crippen LogP contribution >= 0.6 is 11.3 Å². The summed E-state index contributed by atoms with van der Waals surface area (Å²) in [5.41, 5.74) is 0. The van der Waals surface area contributed by atoms with E-state index in [4.69, 9.17) is 4.74 Å². The number of nitrogens with zero attached hydrogens (tertiary/aromatic N) is 1. The monoisotopic (exact) mass is 334 g/mol. The number of rotatable bonds is 4. The third-order valence-electron chi connectivity index (χ3n) is 5.39. The largest absolute Gasteiger partial charge is 0.378 e. The number of likely N-dealkylation sites (tertiary alicyclic amines) is 1. The van der Waals surface area contributed by atoms with E-state index in [2.05, 4.69) is 29.3 Å². The fraction of sp³-hybridized carbons (Fsp3) is 0.722. The molecule has 2 aliphatic heterocycles. The van der Waals surface area contributed by atoms with Crippen LogP contribution in [0.25, 0.3) is 0 Å². The lowest BCUT2D eigenvalue weighted by atomic mass is 9.79. The number of aryl methyl sites for hydroxylation is 1. The maximum absolute atomic E-state index is 12.6. The molecule has 4 nitrogen and oxygen atoms in total. The standard InChI is InChI=1S/C18H26N2O2S/c1-12-2-5-14(23-12)10-20-8-6-17-16(11-20)15(7-9-22-17)18(21)19-13-3-4-13/h2,5,13,15-17H,3-4,6-11H2,1H3,(H,19,21)/t15-,16+,17-/m0/s1. The molecule has 1 saturated carbocycles. The van der Waals surface area contributed by atoms with Crippen LogP contribution < -0.4 is 5.32 Å². The highest BCUT2D eigenvalue weighted by Crippen LogP contribution is 2.35. The molecule has 3 fully saturated rings. The number of hydrogen-bond donors (Lipinski definition) is 1. The third kappa shape index (κ3) is 3.62. The second-order valence-corrected chi connectivity index (χ2v) is 8.66. The van der Waals surface area contributed by atoms with Crippen molar-refractivity contribution in [3.8, 4) is 0 Å². The molecule has 1 amide bonds. The van der Waals surface area contributed by atoms with Crippen LogP contribution in [0.15, 0.2) is 12.1 Å². The van der Waals surface area contributed by atoms with Crippen molar-refractivity contribution >= 4 is 17.2 Å². The first-order chi connectivity index (χ1) is 11.2. The molecule has 0 aromatic carbocycles. The molecule has 5 heteroatoms. The molecule has 0 bridgehead atoms. The van der Waals surface area contributed by atoms with Crippen molar-refractivity contribution in [2.75, 3.05) is 19.7 Å². The van der Waals surface area contributed by atoms with Crippen LogP contribution in [-0.2, 0) is 16.1 Å². The van der Waals surface area contributed by atoms with Gasteiger partial charge < -0.3 is 10.1 Å². The van der Waals surface area contributed by atoms with Crippen molar-refractivity contribution in [3.63, 3.8) is 0 Å². The molecule has 1 aromatic heterocycles. The van der Waals surface area contributed by atoms with Gasteiger partial charge in [-0.1, -0.05) is 0 Å². The molecule has 3 heterocycles. The Morgan fingerprint density at radius 3 is 2.96 bits per heavy atom. The van der Waals surface area contributed by atoms with E-state index in [1.807, 2.05) is 11.3 Å². The minimum Gasteiger partial charge on any atom is -0.378 e. The Labute approximate surface area is 142 Å². The Bertz CT molecular complexity index is 569. The SMILES string of the molecule is Cc1ccc(CN2CC[C@@H]3OCC[C@H](C(=O)NC4CC4)[C@H]3C2)s1. The summed E-state index contributed by atoms with van der Waals surface area (Å²) >= 11 is 1.88. The third-order valence-corrected chi connectivity index (χ3v) is 6.38. The van der Waals surface area contributed by atoms with Crippen molar-refractivity contribution in [2.45, 2.75) is 51.3 Å². The number of hydrogen-bond acceptors (Lipinski definition) is 4. The Kier molecular flexibility index (Phi) is 4.43. The Morgan fingerprint density at radius 2 is 2.22 bits per heavy atom. The summed E-state index contributed by atoms with van der Waals surface area (Å²) in [7, 11) is 0. The summed E-state index contributed by atoms with van der Waals surface area (Å²) in [5, 5.41) is 3.21. The minimum atomic E-state index is 0.141. The quantitative estimate of drug-likeness (QED) is 0.920. The molecule has 126 valence electrons. The normalized spacial score (nSPS) is 31.6. The highest BCUT2D eigenvalue weighted by molar-refractivity contribution is 7.11. The number of carbonyl (C=O) groups is 1. The maximum atomic E-state index is 12.6. The summed E-state index contributed by atoms with van der Waals surface area (Å²) in [5.74, 6) is 0.777. The predicted octanol–water partition coefficient (Wildman–Crippen LogP) is 2.56. The maximum Gasteiger partial charge on any atom is 0.223 e. The van der Waals surface area contributed by atoms with Crippen molar-refractivity contribution < 1.29 is 9.53 Å². The van der Waals surface area contributed by atoms with E-state index in [-0.39, 0.29) is 17.9 Å². The number of piperidine rings is 1. The molecule has 1 aliphatic carbocycles. The molecular formula is C18H26N2O2S. The zero-order valence-corrected chi connectivity index (χ0v) is 14.6. The van der Waals surface area contributed by atoms with Gasteiger partial charge in [-0.2, -0.15) is 0 Å². The van der Waals surface area contributed by atoms with Crippen LogP contribution in [0.1, 0.15) is 35.4 Å². The first-order valence-corrected chi connectivity index (χ1v) is 9.70. The topological polar surface area (TPSA) is 41.6 Å². The number of amides is 1. The van der Waals surface area contributed by atoms with E-state index in [0.717, 1.165) is 51.9 Å². The lowest BCUT2D eigenvalue weighted by Crippen LogP contribution is -2.53. The summed E-state index contributed by atoms with van der Waals surface area (Å²) in [4.78, 5) is 17.9. The molecule has 3 atom stereocenters. The minimum absolute atomic E-state index is 0.141. The molecule has 1 N–H and O–H groups in total. The summed E-state index contributed by atoms with van der Waals surface area (Å²) in [6, 6.07) is 4.89. The highest BCUT2D eigenvalue weighted by atomic mass is 32.1. The van der Waals surface area contributed by atoms with Crippen molar-refractivity contribution in [1.82, 2.24) is 10.2 Å². The fourth-order valence-corrected chi connectivity index (χ4v) is 4.91. The molecule has 4 rings (SSSR count). The second-order valence-electron chi connectivity index (χ2n) is 7.29. The van der Waals surface area contributed by atoms with Gasteiger partial charge in [-0.25, -0.2) is 0 Å². The van der Waals surface area contributed by atoms with Gasteiger partial charge >= 0.3 is 0 Å². The van der Waals surface area contributed by atoms with Crippen LogP contribution in [0.2, 0.25) is 0 Å². The number of carbonyl (C=O) groups excluding carboxylic acids is 1. The van der Waals surface area contributed by atoms with Crippen LogP contribution in [0, 0.1) is 18.8 Å². The van der Waals surface area contributed by atoms with Gasteiger partial charge in [-0.05, 0) is 44.7 Å². The first kappa shape index (κ1) is 15.6. The van der Waals surface area contributed by atoms with Crippen LogP contribution in [0.4, 0.5) is 0 Å². The average Bonchev–Trinajstić information content (AvgIpc) is 3.27. The lowest BCUT2D eigenvalue weighted by Gasteiger charge is -2.44. The van der Waals surface area contributed by atoms with Gasteiger partial charge in [0.1, 0.15) is 0 Å². The Morgan fingerprint density at radius 1 is 1.35 bits per heavy atom. The van der Waals surface area contributed by atoms with Gasteiger partial charge in [0, 0.05) is 53.9 Å². The van der Waals surface area contributed by atoms with E-state index in [9.17, 15) is 4.79 Å². The smallest absolute Gasteiger partial charge is 0.223 e. The number of fused-ring (bicyclic) bond motifs is 1. The molecule has 0 unspecified atom stereocenters. The number of thiophene rings is 1. The molecular weight excluding hydrogens is 308 g/mol. The van der Waals surface area contributed by atoms with Crippen molar-refractivity contribution in [3.05, 3.63) is 21.9 Å². The highest BCUT2D eigenvalue weighted by Gasteiger charge is 2.42. The van der Waals surface area contributed by atoms with Gasteiger partial charge in [0.05, 0.1) is 6.10 Å². The van der Waals surface area contributed by atoms with Gasteiger partial charge in [0.2, 0.25) is 5.91 Å². The van der Waals surface area contributed by atoms with Crippen molar-refractivity contribution in [2.24, 2.45) is 11.8 Å². The summed E-state index contributed by atoms with van der Waals surface area (Å²) in [6.45, 7) is 5.99. The lowest BCUT2D eigenvalue weighted by molar-refractivity contribution is -0.142. The Balaban J connectivity index is 1.41. The predicted molar refractivity (Wildman–Crippen MR) is 91.5 cm³/mol. The first-order valence-electron chi connectivity index (χ1n) is 8.88. The van der Waals surface area contributed by atoms with Gasteiger partial charge in [0.25, 0.3) is 0 Å². The van der Waals surface area contributed by atoms with E-state index in [1.54, 1.807) is 0 Å². The molecule has 3 aliphatic rings. The number of ether oxygens (including phenoxy) is 1. The van der Waals surface area contributed by atoms with E-state index < -0.39 is 0 Å². The van der Waals surface area contributed by atoms with Crippen LogP contribution in [0.5, 0.6) is 0 Å².